The van der Waals surface area contributed by atoms with Gasteiger partial charge in [0.05, 0.1) is 23.5 Å². The van der Waals surface area contributed by atoms with Crippen LogP contribution in [0.25, 0.3) is 16.9 Å². The average Bonchev–Trinajstić information content (AvgIpc) is 3.16. The Morgan fingerprint density at radius 3 is 2.57 bits per heavy atom. The summed E-state index contributed by atoms with van der Waals surface area (Å²) in [7, 11) is 0. The zero-order chi connectivity index (χ0) is 20.5. The van der Waals surface area contributed by atoms with E-state index in [1.807, 2.05) is 0 Å². The van der Waals surface area contributed by atoms with Crippen molar-refractivity contribution in [2.24, 2.45) is 0 Å². The number of nitrogens with zero attached hydrogens (tertiary/aromatic N) is 3. The van der Waals surface area contributed by atoms with Gasteiger partial charge in [-0.1, -0.05) is 23.7 Å². The molecule has 0 unspecified atom stereocenters. The highest BCUT2D eigenvalue weighted by Gasteiger charge is 2.26. The highest BCUT2D eigenvalue weighted by atomic mass is 35.5. The number of H-pyrrole nitrogens is 1. The molecule has 146 valence electrons. The summed E-state index contributed by atoms with van der Waals surface area (Å²) in [5.74, 6) is -0.602. The molecular formula is C19H20ClN5O3. The summed E-state index contributed by atoms with van der Waals surface area (Å²) >= 11 is 5.94. The van der Waals surface area contributed by atoms with E-state index in [2.05, 4.69) is 20.6 Å². The number of hydrogen-bond acceptors (Lipinski definition) is 5. The lowest BCUT2D eigenvalue weighted by atomic mass is 10.0. The first kappa shape index (κ1) is 19.8. The first-order valence-corrected chi connectivity index (χ1v) is 8.97. The van der Waals surface area contributed by atoms with Gasteiger partial charge in [0.2, 0.25) is 0 Å². The van der Waals surface area contributed by atoms with Gasteiger partial charge in [0, 0.05) is 16.8 Å². The predicted octanol–water partition coefficient (Wildman–Crippen LogP) is 2.17. The Labute approximate surface area is 166 Å². The minimum atomic E-state index is -1.15. The highest BCUT2D eigenvalue weighted by Crippen LogP contribution is 2.20. The van der Waals surface area contributed by atoms with Crippen molar-refractivity contribution in [3.05, 3.63) is 63.7 Å². The fourth-order valence-corrected chi connectivity index (χ4v) is 2.53. The third kappa shape index (κ3) is 4.13. The van der Waals surface area contributed by atoms with E-state index in [4.69, 9.17) is 11.6 Å². The number of aromatic amines is 1. The largest absolute Gasteiger partial charge is 0.388 e. The van der Waals surface area contributed by atoms with Crippen LogP contribution in [-0.2, 0) is 0 Å². The molecule has 0 saturated carbocycles. The van der Waals surface area contributed by atoms with Gasteiger partial charge >= 0.3 is 0 Å². The van der Waals surface area contributed by atoms with Gasteiger partial charge in [-0.05, 0) is 39.0 Å². The van der Waals surface area contributed by atoms with Gasteiger partial charge in [-0.25, -0.2) is 0 Å². The van der Waals surface area contributed by atoms with Crippen LogP contribution in [0.2, 0.25) is 5.02 Å². The molecule has 0 aliphatic rings. The molecule has 3 N–H and O–H groups in total. The molecular weight excluding hydrogens is 382 g/mol. The number of aromatic nitrogens is 4. The molecule has 0 radical (unpaired) electrons. The maximum absolute atomic E-state index is 12.9. The van der Waals surface area contributed by atoms with Crippen molar-refractivity contribution in [3.63, 3.8) is 0 Å². The van der Waals surface area contributed by atoms with Crippen molar-refractivity contribution in [1.29, 1.82) is 0 Å². The van der Waals surface area contributed by atoms with Crippen molar-refractivity contribution in [2.75, 3.05) is 0 Å². The van der Waals surface area contributed by atoms with E-state index < -0.39 is 23.1 Å². The number of hydrogen-bond donors (Lipinski definition) is 3. The maximum atomic E-state index is 12.9. The third-order valence-corrected chi connectivity index (χ3v) is 4.68. The Morgan fingerprint density at radius 2 is 2.00 bits per heavy atom. The topological polar surface area (TPSA) is 113 Å². The fourth-order valence-electron chi connectivity index (χ4n) is 2.40. The number of carbonyl (C=O) groups excluding carboxylic acids is 1. The van der Waals surface area contributed by atoms with Gasteiger partial charge in [0.25, 0.3) is 11.5 Å². The van der Waals surface area contributed by atoms with Crippen molar-refractivity contribution < 1.29 is 9.90 Å². The second kappa shape index (κ2) is 7.57. The molecule has 0 aliphatic carbocycles. The van der Waals surface area contributed by atoms with Gasteiger partial charge in [-0.2, -0.15) is 14.9 Å². The molecule has 0 aliphatic heterocycles. The molecule has 1 aromatic carbocycles. The van der Waals surface area contributed by atoms with Gasteiger partial charge in [-0.15, -0.1) is 0 Å². The van der Waals surface area contributed by atoms with Crippen LogP contribution in [-0.4, -0.2) is 42.6 Å². The van der Waals surface area contributed by atoms with Gasteiger partial charge < -0.3 is 10.4 Å². The van der Waals surface area contributed by atoms with Crippen LogP contribution in [0.5, 0.6) is 0 Å². The second-order valence-corrected chi connectivity index (χ2v) is 7.41. The van der Waals surface area contributed by atoms with Crippen molar-refractivity contribution in [3.8, 4) is 16.9 Å². The van der Waals surface area contributed by atoms with Crippen molar-refractivity contribution in [2.45, 2.75) is 32.4 Å². The van der Waals surface area contributed by atoms with E-state index in [1.165, 1.54) is 18.5 Å². The van der Waals surface area contributed by atoms with Crippen LogP contribution in [0.1, 0.15) is 31.1 Å². The van der Waals surface area contributed by atoms with Crippen LogP contribution in [0, 0.1) is 0 Å². The first-order valence-electron chi connectivity index (χ1n) is 8.59. The molecule has 8 nitrogen and oxygen atoms in total. The highest BCUT2D eigenvalue weighted by molar-refractivity contribution is 6.30. The van der Waals surface area contributed by atoms with E-state index in [0.29, 0.717) is 22.0 Å². The Hall–Kier alpha value is -2.97. The number of benzene rings is 1. The summed E-state index contributed by atoms with van der Waals surface area (Å²) in [6, 6.07) is 7.73. The molecule has 3 aromatic rings. The van der Waals surface area contributed by atoms with E-state index in [1.54, 1.807) is 45.0 Å². The number of halogens is 1. The van der Waals surface area contributed by atoms with Crippen LogP contribution in [0.3, 0.4) is 0 Å². The number of rotatable bonds is 5. The SMILES string of the molecule is C[C@@H](NC(=O)c1cc(-c2ccc(Cl)cc2)nn(-c2cn[nH]c2)c1=O)C(C)(C)O. The molecule has 3 rings (SSSR count). The van der Waals surface area contributed by atoms with Crippen molar-refractivity contribution in [1.82, 2.24) is 25.3 Å². The lowest BCUT2D eigenvalue weighted by Gasteiger charge is -2.26. The molecule has 1 amide bonds. The quantitative estimate of drug-likeness (QED) is 0.606. The van der Waals surface area contributed by atoms with Gasteiger partial charge in [0.1, 0.15) is 11.3 Å². The summed E-state index contributed by atoms with van der Waals surface area (Å²) in [4.78, 5) is 25.7. The summed E-state index contributed by atoms with van der Waals surface area (Å²) < 4.78 is 1.11. The molecule has 2 heterocycles. The minimum Gasteiger partial charge on any atom is -0.388 e. The molecule has 1 atom stereocenters. The molecule has 2 aromatic heterocycles. The average molecular weight is 402 g/mol. The maximum Gasteiger partial charge on any atom is 0.284 e. The van der Waals surface area contributed by atoms with Gasteiger partial charge in [0.15, 0.2) is 0 Å². The summed E-state index contributed by atoms with van der Waals surface area (Å²) in [5.41, 5.74) is -0.349. The number of amides is 1. The number of nitrogens with one attached hydrogen (secondary N) is 2. The Balaban J connectivity index is 2.12. The zero-order valence-electron chi connectivity index (χ0n) is 15.6. The molecule has 0 fully saturated rings. The Bertz CT molecular complexity index is 1040. The van der Waals surface area contributed by atoms with E-state index in [0.717, 1.165) is 4.68 Å². The van der Waals surface area contributed by atoms with Crippen molar-refractivity contribution >= 4 is 17.5 Å². The monoisotopic (exact) mass is 401 g/mol. The molecule has 9 heteroatoms. The standard InChI is InChI=1S/C19H20ClN5O3/c1-11(19(2,3)28)23-17(26)15-8-16(12-4-6-13(20)7-5-12)24-25(18(15)27)14-9-21-22-10-14/h4-11,28H,1-3H3,(H,21,22)(H,23,26)/t11-/m1/s1. The zero-order valence-corrected chi connectivity index (χ0v) is 16.4. The molecule has 28 heavy (non-hydrogen) atoms. The summed E-state index contributed by atoms with van der Waals surface area (Å²) in [5, 5.41) is 24.1. The van der Waals surface area contributed by atoms with E-state index in [-0.39, 0.29) is 5.56 Å². The smallest absolute Gasteiger partial charge is 0.284 e. The summed E-state index contributed by atoms with van der Waals surface area (Å²) in [6.45, 7) is 4.81. The second-order valence-electron chi connectivity index (χ2n) is 6.97. The number of carbonyl (C=O) groups is 1. The lowest BCUT2D eigenvalue weighted by molar-refractivity contribution is 0.0408. The first-order chi connectivity index (χ1) is 13.2. The van der Waals surface area contributed by atoms with E-state index >= 15 is 0 Å². The van der Waals surface area contributed by atoms with E-state index in [9.17, 15) is 14.7 Å². The summed E-state index contributed by atoms with van der Waals surface area (Å²) in [6.07, 6.45) is 2.93. The normalized spacial score (nSPS) is 12.6. The Kier molecular flexibility index (Phi) is 5.35. The van der Waals surface area contributed by atoms with Gasteiger partial charge in [-0.3, -0.25) is 14.7 Å². The minimum absolute atomic E-state index is 0.0998. The lowest BCUT2D eigenvalue weighted by Crippen LogP contribution is -2.48. The van der Waals surface area contributed by atoms with Crippen LogP contribution < -0.4 is 10.9 Å². The number of aliphatic hydroxyl groups is 1. The molecule has 0 spiro atoms. The fraction of sp³-hybridized carbons (Fsp3) is 0.263. The van der Waals surface area contributed by atoms with Crippen LogP contribution in [0.4, 0.5) is 0 Å². The van der Waals surface area contributed by atoms with Crippen LogP contribution in [0.15, 0.2) is 47.5 Å². The Morgan fingerprint density at radius 1 is 1.32 bits per heavy atom. The third-order valence-electron chi connectivity index (χ3n) is 4.43. The molecule has 0 bridgehead atoms. The molecule has 0 saturated heterocycles. The predicted molar refractivity (Wildman–Crippen MR) is 106 cm³/mol. The van der Waals surface area contributed by atoms with Crippen LogP contribution >= 0.6 is 11.6 Å².